The molecule has 82 valence electrons. The van der Waals surface area contributed by atoms with Crippen LogP contribution in [-0.4, -0.2) is 22.7 Å². The largest absolute Gasteiger partial charge is 0.450 e. The molecule has 0 fully saturated rings. The number of alkyl carbamates (subject to hydrolysis) is 1. The lowest BCUT2D eigenvalue weighted by Crippen LogP contribution is -2.24. The van der Waals surface area contributed by atoms with Gasteiger partial charge in [-0.25, -0.2) is 14.8 Å². The molecule has 0 unspecified atom stereocenters. The summed E-state index contributed by atoms with van der Waals surface area (Å²) in [6, 6.07) is 0. The Hall–Kier alpha value is -1.56. The first-order valence-corrected chi connectivity index (χ1v) is 4.68. The number of nitrogens with one attached hydrogen (secondary N) is 1. The van der Waals surface area contributed by atoms with Gasteiger partial charge in [-0.15, -0.1) is 0 Å². The van der Waals surface area contributed by atoms with Crippen LogP contribution in [0.25, 0.3) is 0 Å². The number of hydrogen-bond donors (Lipinski definition) is 2. The third kappa shape index (κ3) is 3.59. The maximum absolute atomic E-state index is 11.0. The zero-order valence-corrected chi connectivity index (χ0v) is 8.91. The van der Waals surface area contributed by atoms with E-state index in [0.717, 1.165) is 0 Å². The van der Waals surface area contributed by atoms with Crippen molar-refractivity contribution < 1.29 is 9.53 Å². The number of amides is 1. The van der Waals surface area contributed by atoms with Gasteiger partial charge in [-0.3, -0.25) is 0 Å². The minimum absolute atomic E-state index is 0.0763. The lowest BCUT2D eigenvalue weighted by atomic mass is 10.3. The fourth-order valence-corrected chi connectivity index (χ4v) is 1.02. The summed E-state index contributed by atoms with van der Waals surface area (Å²) in [7, 11) is 0. The Kier molecular flexibility index (Phi) is 4.11. The van der Waals surface area contributed by atoms with Crippen molar-refractivity contribution in [2.75, 3.05) is 12.3 Å². The van der Waals surface area contributed by atoms with E-state index < -0.39 is 6.09 Å². The van der Waals surface area contributed by atoms with Gasteiger partial charge < -0.3 is 15.8 Å². The number of nitrogens with two attached hydrogens (primary N) is 1. The van der Waals surface area contributed by atoms with Crippen molar-refractivity contribution in [3.05, 3.63) is 17.0 Å². The van der Waals surface area contributed by atoms with Crippen LogP contribution in [0.2, 0.25) is 5.28 Å². The summed E-state index contributed by atoms with van der Waals surface area (Å²) in [5.41, 5.74) is 6.14. The number of halogens is 1. The Balaban J connectivity index is 2.54. The maximum Gasteiger partial charge on any atom is 0.407 e. The van der Waals surface area contributed by atoms with Gasteiger partial charge >= 0.3 is 6.09 Å². The van der Waals surface area contributed by atoms with Gasteiger partial charge in [0.25, 0.3) is 0 Å². The Morgan fingerprint density at radius 1 is 1.73 bits per heavy atom. The second-order valence-corrected chi connectivity index (χ2v) is 2.96. The standard InChI is InChI=1S/C8H11ClN4O2/c1-2-15-8(14)12-4-5-3-11-7(9)13-6(5)10/h3H,2,4H2,1H3,(H,12,14)(H2,10,11,13). The molecule has 0 spiro atoms. The molecule has 15 heavy (non-hydrogen) atoms. The summed E-state index contributed by atoms with van der Waals surface area (Å²) in [6.45, 7) is 2.25. The summed E-state index contributed by atoms with van der Waals surface area (Å²) < 4.78 is 4.67. The van der Waals surface area contributed by atoms with Crippen LogP contribution in [0.4, 0.5) is 10.6 Å². The molecule has 0 aromatic carbocycles. The van der Waals surface area contributed by atoms with Crippen LogP contribution in [-0.2, 0) is 11.3 Å². The quantitative estimate of drug-likeness (QED) is 0.755. The molecule has 1 aromatic rings. The highest BCUT2D eigenvalue weighted by molar-refractivity contribution is 6.28. The monoisotopic (exact) mass is 230 g/mol. The van der Waals surface area contributed by atoms with Gasteiger partial charge in [0.05, 0.1) is 13.2 Å². The van der Waals surface area contributed by atoms with Crippen molar-refractivity contribution in [3.63, 3.8) is 0 Å². The van der Waals surface area contributed by atoms with Gasteiger partial charge in [0, 0.05) is 11.8 Å². The molecule has 0 saturated carbocycles. The van der Waals surface area contributed by atoms with Crippen molar-refractivity contribution in [1.29, 1.82) is 0 Å². The number of ether oxygens (including phenoxy) is 1. The summed E-state index contributed by atoms with van der Waals surface area (Å²) in [4.78, 5) is 18.4. The van der Waals surface area contributed by atoms with Gasteiger partial charge in [0.15, 0.2) is 0 Å². The number of nitrogens with zero attached hydrogens (tertiary/aromatic N) is 2. The van der Waals surface area contributed by atoms with Crippen molar-refractivity contribution in [2.45, 2.75) is 13.5 Å². The average molecular weight is 231 g/mol. The highest BCUT2D eigenvalue weighted by Gasteiger charge is 2.05. The van der Waals surface area contributed by atoms with Crippen LogP contribution in [0.5, 0.6) is 0 Å². The zero-order valence-electron chi connectivity index (χ0n) is 8.16. The molecule has 1 rings (SSSR count). The molecular weight excluding hydrogens is 220 g/mol. The molecule has 0 atom stereocenters. The van der Waals surface area contributed by atoms with Crippen LogP contribution >= 0.6 is 11.6 Å². The number of anilines is 1. The zero-order chi connectivity index (χ0) is 11.3. The molecule has 1 heterocycles. The number of aromatic nitrogens is 2. The SMILES string of the molecule is CCOC(=O)NCc1cnc(Cl)nc1N. The third-order valence-corrected chi connectivity index (χ3v) is 1.75. The fraction of sp³-hybridized carbons (Fsp3) is 0.375. The van der Waals surface area contributed by atoms with Gasteiger partial charge in [-0.2, -0.15) is 0 Å². The molecule has 0 bridgehead atoms. The van der Waals surface area contributed by atoms with E-state index in [4.69, 9.17) is 17.3 Å². The highest BCUT2D eigenvalue weighted by Crippen LogP contribution is 2.09. The summed E-state index contributed by atoms with van der Waals surface area (Å²) >= 11 is 5.52. The lowest BCUT2D eigenvalue weighted by molar-refractivity contribution is 0.151. The van der Waals surface area contributed by atoms with E-state index in [1.165, 1.54) is 6.20 Å². The molecule has 0 radical (unpaired) electrons. The molecule has 0 aliphatic rings. The number of rotatable bonds is 3. The van der Waals surface area contributed by atoms with E-state index in [0.29, 0.717) is 12.2 Å². The molecule has 7 heteroatoms. The minimum atomic E-state index is -0.508. The van der Waals surface area contributed by atoms with E-state index in [-0.39, 0.29) is 17.6 Å². The van der Waals surface area contributed by atoms with Crippen molar-refractivity contribution in [3.8, 4) is 0 Å². The number of nitrogen functional groups attached to an aromatic ring is 1. The molecular formula is C8H11ClN4O2. The number of carbonyl (C=O) groups excluding carboxylic acids is 1. The van der Waals surface area contributed by atoms with Gasteiger partial charge in [-0.1, -0.05) is 0 Å². The van der Waals surface area contributed by atoms with Crippen LogP contribution in [0.3, 0.4) is 0 Å². The van der Waals surface area contributed by atoms with E-state index in [2.05, 4.69) is 20.0 Å². The van der Waals surface area contributed by atoms with Crippen molar-refractivity contribution in [1.82, 2.24) is 15.3 Å². The Morgan fingerprint density at radius 2 is 2.47 bits per heavy atom. The first-order chi connectivity index (χ1) is 7.13. The maximum atomic E-state index is 11.0. The van der Waals surface area contributed by atoms with Crippen molar-refractivity contribution >= 4 is 23.5 Å². The second kappa shape index (κ2) is 5.35. The predicted octanol–water partition coefficient (Wildman–Crippen LogP) is 0.958. The van der Waals surface area contributed by atoms with Crippen LogP contribution in [0, 0.1) is 0 Å². The van der Waals surface area contributed by atoms with E-state index >= 15 is 0 Å². The van der Waals surface area contributed by atoms with Gasteiger partial charge in [0.2, 0.25) is 5.28 Å². The predicted molar refractivity (Wildman–Crippen MR) is 55.3 cm³/mol. The molecule has 1 amide bonds. The molecule has 0 aliphatic carbocycles. The van der Waals surface area contributed by atoms with E-state index in [1.807, 2.05) is 0 Å². The van der Waals surface area contributed by atoms with Crippen LogP contribution < -0.4 is 11.1 Å². The summed E-state index contributed by atoms with van der Waals surface area (Å²) in [6.07, 6.45) is 0.948. The van der Waals surface area contributed by atoms with Crippen LogP contribution in [0.15, 0.2) is 6.20 Å². The summed E-state index contributed by atoms with van der Waals surface area (Å²) in [5.74, 6) is 0.242. The smallest absolute Gasteiger partial charge is 0.407 e. The molecule has 1 aromatic heterocycles. The van der Waals surface area contributed by atoms with Gasteiger partial charge in [-0.05, 0) is 18.5 Å². The Bertz CT molecular complexity index is 358. The minimum Gasteiger partial charge on any atom is -0.450 e. The highest BCUT2D eigenvalue weighted by atomic mass is 35.5. The summed E-state index contributed by atoms with van der Waals surface area (Å²) in [5, 5.41) is 2.57. The molecule has 3 N–H and O–H groups in total. The topological polar surface area (TPSA) is 90.1 Å². The lowest BCUT2D eigenvalue weighted by Gasteiger charge is -2.06. The second-order valence-electron chi connectivity index (χ2n) is 2.62. The number of carbonyl (C=O) groups is 1. The Morgan fingerprint density at radius 3 is 3.07 bits per heavy atom. The molecule has 6 nitrogen and oxygen atoms in total. The van der Waals surface area contributed by atoms with Crippen LogP contribution in [0.1, 0.15) is 12.5 Å². The normalized spacial score (nSPS) is 9.73. The Labute approximate surface area is 91.8 Å². The molecule has 0 aliphatic heterocycles. The van der Waals surface area contributed by atoms with E-state index in [9.17, 15) is 4.79 Å². The van der Waals surface area contributed by atoms with Gasteiger partial charge in [0.1, 0.15) is 5.82 Å². The first-order valence-electron chi connectivity index (χ1n) is 4.31. The fourth-order valence-electron chi connectivity index (χ4n) is 0.883. The van der Waals surface area contributed by atoms with E-state index in [1.54, 1.807) is 6.92 Å². The van der Waals surface area contributed by atoms with Crippen molar-refractivity contribution in [2.24, 2.45) is 0 Å². The average Bonchev–Trinajstić information content (AvgIpc) is 2.17. The number of hydrogen-bond acceptors (Lipinski definition) is 5. The third-order valence-electron chi connectivity index (χ3n) is 1.57. The molecule has 0 saturated heterocycles. The first kappa shape index (κ1) is 11.5.